The summed E-state index contributed by atoms with van der Waals surface area (Å²) in [5, 5.41) is 6.41. The normalized spacial score (nSPS) is 10.1. The van der Waals surface area contributed by atoms with Gasteiger partial charge in [0.1, 0.15) is 0 Å². The van der Waals surface area contributed by atoms with E-state index in [1.54, 1.807) is 11.8 Å². The van der Waals surface area contributed by atoms with E-state index < -0.39 is 0 Å². The van der Waals surface area contributed by atoms with E-state index in [2.05, 4.69) is 10.2 Å². The van der Waals surface area contributed by atoms with Crippen molar-refractivity contribution in [2.24, 2.45) is 0 Å². The first-order valence-electron chi connectivity index (χ1n) is 2.86. The van der Waals surface area contributed by atoms with Gasteiger partial charge in [-0.3, -0.25) is 0 Å². The van der Waals surface area contributed by atoms with Gasteiger partial charge in [0.15, 0.2) is 0 Å². The van der Waals surface area contributed by atoms with Crippen LogP contribution in [0.4, 0.5) is 0 Å². The van der Waals surface area contributed by atoms with Gasteiger partial charge in [-0.15, -0.1) is 5.10 Å². The maximum Gasteiger partial charge on any atom is 0.284 e. The molecule has 56 valence electrons. The highest BCUT2D eigenvalue weighted by Gasteiger charge is 1.96. The molecule has 0 radical (unpaired) electrons. The highest BCUT2D eigenvalue weighted by molar-refractivity contribution is 7.98. The SMILES string of the molecule is CSCCc1n[nH]c(=S)o1. The van der Waals surface area contributed by atoms with Gasteiger partial charge in [0, 0.05) is 12.2 Å². The smallest absolute Gasteiger partial charge is 0.284 e. The van der Waals surface area contributed by atoms with Gasteiger partial charge < -0.3 is 4.42 Å². The molecule has 0 aliphatic carbocycles. The molecule has 1 rings (SSSR count). The van der Waals surface area contributed by atoms with Crippen LogP contribution in [0.15, 0.2) is 4.42 Å². The van der Waals surface area contributed by atoms with Gasteiger partial charge in [0.2, 0.25) is 5.89 Å². The minimum atomic E-state index is 0.358. The van der Waals surface area contributed by atoms with Crippen LogP contribution in [0, 0.1) is 4.84 Å². The van der Waals surface area contributed by atoms with Crippen molar-refractivity contribution in [3.05, 3.63) is 10.7 Å². The zero-order valence-corrected chi connectivity index (χ0v) is 7.22. The molecule has 0 aromatic carbocycles. The maximum atomic E-state index is 5.02. The number of aromatic amines is 1. The summed E-state index contributed by atoms with van der Waals surface area (Å²) in [7, 11) is 0. The van der Waals surface area contributed by atoms with Crippen LogP contribution in [0.2, 0.25) is 0 Å². The fourth-order valence-corrected chi connectivity index (χ4v) is 1.08. The zero-order chi connectivity index (χ0) is 7.40. The minimum Gasteiger partial charge on any atom is -0.414 e. The highest BCUT2D eigenvalue weighted by atomic mass is 32.2. The van der Waals surface area contributed by atoms with E-state index in [9.17, 15) is 0 Å². The van der Waals surface area contributed by atoms with Crippen LogP contribution in [0.3, 0.4) is 0 Å². The summed E-state index contributed by atoms with van der Waals surface area (Å²) < 4.78 is 5.02. The highest BCUT2D eigenvalue weighted by Crippen LogP contribution is 2.00. The molecule has 0 atom stereocenters. The van der Waals surface area contributed by atoms with Gasteiger partial charge in [0.25, 0.3) is 4.84 Å². The van der Waals surface area contributed by atoms with Crippen molar-refractivity contribution in [3.8, 4) is 0 Å². The molecule has 0 saturated carbocycles. The van der Waals surface area contributed by atoms with Crippen LogP contribution >= 0.6 is 24.0 Å². The average Bonchev–Trinajstić information content (AvgIpc) is 2.31. The van der Waals surface area contributed by atoms with E-state index in [4.69, 9.17) is 16.6 Å². The van der Waals surface area contributed by atoms with E-state index in [0.29, 0.717) is 10.7 Å². The van der Waals surface area contributed by atoms with Gasteiger partial charge in [-0.05, 0) is 18.5 Å². The Bertz CT molecular complexity index is 242. The van der Waals surface area contributed by atoms with Crippen LogP contribution in [-0.2, 0) is 6.42 Å². The first-order chi connectivity index (χ1) is 4.83. The van der Waals surface area contributed by atoms with Crippen molar-refractivity contribution in [1.29, 1.82) is 0 Å². The molecule has 0 amide bonds. The van der Waals surface area contributed by atoms with E-state index in [1.165, 1.54) is 0 Å². The molecule has 0 aliphatic rings. The molecule has 1 aromatic rings. The van der Waals surface area contributed by atoms with Crippen LogP contribution < -0.4 is 0 Å². The molecule has 0 unspecified atom stereocenters. The number of rotatable bonds is 3. The van der Waals surface area contributed by atoms with E-state index in [1.807, 2.05) is 6.26 Å². The number of nitrogens with one attached hydrogen (secondary N) is 1. The summed E-state index contributed by atoms with van der Waals surface area (Å²) >= 11 is 6.45. The van der Waals surface area contributed by atoms with Crippen molar-refractivity contribution in [2.75, 3.05) is 12.0 Å². The number of H-pyrrole nitrogens is 1. The average molecular weight is 176 g/mol. The first kappa shape index (κ1) is 7.81. The fourth-order valence-electron chi connectivity index (χ4n) is 0.557. The molecule has 0 bridgehead atoms. The van der Waals surface area contributed by atoms with Gasteiger partial charge >= 0.3 is 0 Å². The Balaban J connectivity index is 2.50. The van der Waals surface area contributed by atoms with Gasteiger partial charge in [-0.25, -0.2) is 5.10 Å². The van der Waals surface area contributed by atoms with E-state index >= 15 is 0 Å². The quantitative estimate of drug-likeness (QED) is 0.711. The minimum absolute atomic E-state index is 0.358. The van der Waals surface area contributed by atoms with Crippen LogP contribution in [0.25, 0.3) is 0 Å². The molecule has 1 heterocycles. The molecule has 0 fully saturated rings. The Morgan fingerprint density at radius 2 is 2.60 bits per heavy atom. The maximum absolute atomic E-state index is 5.02. The molecule has 5 heteroatoms. The number of hydrogen-bond donors (Lipinski definition) is 1. The fraction of sp³-hybridized carbons (Fsp3) is 0.600. The number of thioether (sulfide) groups is 1. The van der Waals surface area contributed by atoms with Crippen LogP contribution in [0.5, 0.6) is 0 Å². The zero-order valence-electron chi connectivity index (χ0n) is 5.59. The van der Waals surface area contributed by atoms with Gasteiger partial charge in [-0.1, -0.05) is 0 Å². The van der Waals surface area contributed by atoms with Crippen molar-refractivity contribution < 1.29 is 4.42 Å². The van der Waals surface area contributed by atoms with Crippen molar-refractivity contribution in [3.63, 3.8) is 0 Å². The lowest BCUT2D eigenvalue weighted by atomic mass is 10.5. The topological polar surface area (TPSA) is 41.8 Å². The Morgan fingerprint density at radius 1 is 1.80 bits per heavy atom. The first-order valence-corrected chi connectivity index (χ1v) is 4.66. The Labute approximate surface area is 68.2 Å². The lowest BCUT2D eigenvalue weighted by molar-refractivity contribution is 0.488. The molecular formula is C5H8N2OS2. The summed E-state index contributed by atoms with van der Waals surface area (Å²) in [6.07, 6.45) is 2.88. The largest absolute Gasteiger partial charge is 0.414 e. The molecule has 0 saturated heterocycles. The number of hydrogen-bond acceptors (Lipinski definition) is 4. The molecule has 10 heavy (non-hydrogen) atoms. The van der Waals surface area contributed by atoms with Crippen molar-refractivity contribution in [2.45, 2.75) is 6.42 Å². The lowest BCUT2D eigenvalue weighted by Crippen LogP contribution is -1.86. The number of aromatic nitrogens is 2. The number of nitrogens with zero attached hydrogens (tertiary/aromatic N) is 1. The second kappa shape index (κ2) is 3.78. The second-order valence-corrected chi connectivity index (χ2v) is 3.11. The Kier molecular flexibility index (Phi) is 2.95. The third-order valence-electron chi connectivity index (χ3n) is 1.00. The third-order valence-corrected chi connectivity index (χ3v) is 1.79. The second-order valence-electron chi connectivity index (χ2n) is 1.75. The summed E-state index contributed by atoms with van der Waals surface area (Å²) in [6, 6.07) is 0. The molecule has 0 spiro atoms. The molecular weight excluding hydrogens is 168 g/mol. The van der Waals surface area contributed by atoms with Crippen molar-refractivity contribution >= 4 is 24.0 Å². The molecule has 3 nitrogen and oxygen atoms in total. The van der Waals surface area contributed by atoms with Gasteiger partial charge in [-0.2, -0.15) is 11.8 Å². The Morgan fingerprint density at radius 3 is 3.10 bits per heavy atom. The van der Waals surface area contributed by atoms with E-state index in [-0.39, 0.29) is 0 Å². The van der Waals surface area contributed by atoms with Crippen LogP contribution in [-0.4, -0.2) is 22.2 Å². The summed E-state index contributed by atoms with van der Waals surface area (Å²) in [4.78, 5) is 0.358. The standard InChI is InChI=1S/C5H8N2OS2/c1-10-3-2-4-6-7-5(9)8-4/h2-3H2,1H3,(H,7,9). The lowest BCUT2D eigenvalue weighted by Gasteiger charge is -1.87. The predicted molar refractivity (Wildman–Crippen MR) is 43.8 cm³/mol. The Hall–Kier alpha value is -0.290. The molecule has 0 aliphatic heterocycles. The predicted octanol–water partition coefficient (Wildman–Crippen LogP) is 1.64. The summed E-state index contributed by atoms with van der Waals surface area (Å²) in [5.41, 5.74) is 0. The molecule has 1 aromatic heterocycles. The summed E-state index contributed by atoms with van der Waals surface area (Å²) in [6.45, 7) is 0. The van der Waals surface area contributed by atoms with E-state index in [0.717, 1.165) is 12.2 Å². The molecule has 1 N–H and O–H groups in total. The third kappa shape index (κ3) is 2.15. The number of aryl methyl sites for hydroxylation is 1. The monoisotopic (exact) mass is 176 g/mol. The van der Waals surface area contributed by atoms with Crippen LogP contribution in [0.1, 0.15) is 5.89 Å². The van der Waals surface area contributed by atoms with Gasteiger partial charge in [0.05, 0.1) is 0 Å². The summed E-state index contributed by atoms with van der Waals surface area (Å²) in [5.74, 6) is 1.71. The van der Waals surface area contributed by atoms with Crippen molar-refractivity contribution in [1.82, 2.24) is 10.2 Å².